The van der Waals surface area contributed by atoms with Crippen molar-refractivity contribution in [2.75, 3.05) is 6.61 Å². The van der Waals surface area contributed by atoms with E-state index in [0.29, 0.717) is 38.7 Å². The molecular formula is C22H32O6. The number of rotatable bonds is 1. The van der Waals surface area contributed by atoms with E-state index in [0.717, 1.165) is 24.8 Å². The second-order valence-corrected chi connectivity index (χ2v) is 10.4. The van der Waals surface area contributed by atoms with Crippen LogP contribution in [0.5, 0.6) is 0 Å². The molecule has 5 aliphatic rings. The number of hydrogen-bond donors (Lipinski definition) is 4. The van der Waals surface area contributed by atoms with Crippen molar-refractivity contribution in [3.63, 3.8) is 0 Å². The van der Waals surface area contributed by atoms with Gasteiger partial charge in [0.05, 0.1) is 22.9 Å². The van der Waals surface area contributed by atoms with Crippen LogP contribution in [-0.2, 0) is 9.53 Å². The smallest absolute Gasteiger partial charge is 0.331 e. The number of fused-ring (bicyclic) bond motifs is 5. The van der Waals surface area contributed by atoms with Crippen LogP contribution in [0.2, 0.25) is 0 Å². The maximum Gasteiger partial charge on any atom is 0.331 e. The fraction of sp³-hybridized carbons (Fsp3) is 0.864. The van der Waals surface area contributed by atoms with Crippen molar-refractivity contribution < 1.29 is 30.0 Å². The summed E-state index contributed by atoms with van der Waals surface area (Å²) < 4.78 is 5.14. The van der Waals surface area contributed by atoms with E-state index in [-0.39, 0.29) is 35.6 Å². The molecule has 4 fully saturated rings. The Morgan fingerprint density at radius 3 is 2.36 bits per heavy atom. The molecule has 0 radical (unpaired) electrons. The fourth-order valence-electron chi connectivity index (χ4n) is 7.99. The summed E-state index contributed by atoms with van der Waals surface area (Å²) >= 11 is 0. The highest BCUT2D eigenvalue weighted by Gasteiger charge is 2.71. The average Bonchev–Trinajstić information content (AvgIpc) is 3.17. The molecule has 4 aliphatic carbocycles. The van der Waals surface area contributed by atoms with Crippen molar-refractivity contribution in [2.24, 2.45) is 23.2 Å². The lowest BCUT2D eigenvalue weighted by Crippen LogP contribution is -2.71. The highest BCUT2D eigenvalue weighted by atomic mass is 16.5. The quantitative estimate of drug-likeness (QED) is 0.503. The summed E-state index contributed by atoms with van der Waals surface area (Å²) in [5, 5.41) is 45.0. The minimum absolute atomic E-state index is 0.0737. The van der Waals surface area contributed by atoms with Crippen molar-refractivity contribution in [3.05, 3.63) is 11.6 Å². The second kappa shape index (κ2) is 5.81. The van der Waals surface area contributed by atoms with Crippen LogP contribution in [0.4, 0.5) is 0 Å². The first-order chi connectivity index (χ1) is 13.1. The third-order valence-corrected chi connectivity index (χ3v) is 9.50. The van der Waals surface area contributed by atoms with Gasteiger partial charge in [0.25, 0.3) is 0 Å². The van der Waals surface area contributed by atoms with E-state index in [4.69, 9.17) is 4.74 Å². The minimum Gasteiger partial charge on any atom is -0.458 e. The van der Waals surface area contributed by atoms with E-state index >= 15 is 0 Å². The van der Waals surface area contributed by atoms with Gasteiger partial charge < -0.3 is 25.2 Å². The highest BCUT2D eigenvalue weighted by molar-refractivity contribution is 5.85. The first-order valence-electron chi connectivity index (χ1n) is 10.9. The third kappa shape index (κ3) is 2.21. The van der Waals surface area contributed by atoms with E-state index in [9.17, 15) is 25.2 Å². The lowest BCUT2D eigenvalue weighted by molar-refractivity contribution is -0.288. The van der Waals surface area contributed by atoms with E-state index < -0.39 is 22.9 Å². The predicted octanol–water partition coefficient (Wildman–Crippen LogP) is 1.44. The Hall–Kier alpha value is -0.950. The molecule has 28 heavy (non-hydrogen) atoms. The van der Waals surface area contributed by atoms with Crippen LogP contribution in [0.15, 0.2) is 11.6 Å². The Morgan fingerprint density at radius 1 is 0.964 bits per heavy atom. The van der Waals surface area contributed by atoms with Gasteiger partial charge in [0.15, 0.2) is 0 Å². The molecule has 8 atom stereocenters. The first kappa shape index (κ1) is 19.0. The molecule has 0 aromatic rings. The van der Waals surface area contributed by atoms with Crippen LogP contribution in [0.25, 0.3) is 0 Å². The molecule has 6 nitrogen and oxygen atoms in total. The summed E-state index contributed by atoms with van der Waals surface area (Å²) in [6, 6.07) is 0. The number of aliphatic hydroxyl groups excluding tert-OH is 1. The summed E-state index contributed by atoms with van der Waals surface area (Å²) in [5.41, 5.74) is -2.78. The molecule has 1 heterocycles. The molecule has 6 heteroatoms. The zero-order chi connectivity index (χ0) is 19.9. The lowest BCUT2D eigenvalue weighted by atomic mass is 9.45. The van der Waals surface area contributed by atoms with Gasteiger partial charge in [-0.3, -0.25) is 0 Å². The Bertz CT molecular complexity index is 735. The maximum atomic E-state index is 12.0. The zero-order valence-electron chi connectivity index (χ0n) is 16.6. The van der Waals surface area contributed by atoms with Gasteiger partial charge in [0, 0.05) is 17.9 Å². The van der Waals surface area contributed by atoms with Crippen LogP contribution in [0.3, 0.4) is 0 Å². The van der Waals surface area contributed by atoms with Crippen LogP contribution < -0.4 is 0 Å². The van der Waals surface area contributed by atoms with Crippen LogP contribution >= 0.6 is 0 Å². The van der Waals surface area contributed by atoms with Gasteiger partial charge in [0.2, 0.25) is 0 Å². The summed E-state index contributed by atoms with van der Waals surface area (Å²) in [7, 11) is 0. The number of carbonyl (C=O) groups is 1. The normalized spacial score (nSPS) is 55.8. The molecule has 0 spiro atoms. The average molecular weight is 392 g/mol. The Morgan fingerprint density at radius 2 is 1.64 bits per heavy atom. The van der Waals surface area contributed by atoms with Gasteiger partial charge in [-0.15, -0.1) is 0 Å². The lowest BCUT2D eigenvalue weighted by Gasteiger charge is -2.64. The third-order valence-electron chi connectivity index (χ3n) is 9.50. The Labute approximate surface area is 165 Å². The van der Waals surface area contributed by atoms with Gasteiger partial charge >= 0.3 is 5.97 Å². The number of aliphatic hydroxyl groups is 4. The van der Waals surface area contributed by atoms with E-state index in [2.05, 4.69) is 6.92 Å². The largest absolute Gasteiger partial charge is 0.458 e. The number of ether oxygens (including phenoxy) is 1. The summed E-state index contributed by atoms with van der Waals surface area (Å²) in [4.78, 5) is 11.6. The second-order valence-electron chi connectivity index (χ2n) is 10.4. The van der Waals surface area contributed by atoms with Gasteiger partial charge in [-0.2, -0.15) is 0 Å². The van der Waals surface area contributed by atoms with E-state index in [1.807, 2.05) is 0 Å². The first-order valence-corrected chi connectivity index (χ1v) is 10.9. The van der Waals surface area contributed by atoms with Gasteiger partial charge in [-0.1, -0.05) is 6.92 Å². The fourth-order valence-corrected chi connectivity index (χ4v) is 7.99. The Balaban J connectivity index is 1.49. The van der Waals surface area contributed by atoms with Crippen molar-refractivity contribution >= 4 is 5.97 Å². The van der Waals surface area contributed by atoms with Crippen LogP contribution in [0, 0.1) is 23.2 Å². The summed E-state index contributed by atoms with van der Waals surface area (Å²) in [6.07, 6.45) is 6.17. The topological polar surface area (TPSA) is 107 Å². The van der Waals surface area contributed by atoms with E-state index in [1.165, 1.54) is 0 Å². The molecule has 5 rings (SSSR count). The highest BCUT2D eigenvalue weighted by Crippen LogP contribution is 2.68. The summed E-state index contributed by atoms with van der Waals surface area (Å²) in [5.74, 6) is -0.407. The molecule has 0 bridgehead atoms. The van der Waals surface area contributed by atoms with Crippen molar-refractivity contribution in [1.29, 1.82) is 0 Å². The van der Waals surface area contributed by atoms with Gasteiger partial charge in [-0.05, 0) is 74.7 Å². The minimum atomic E-state index is -1.26. The van der Waals surface area contributed by atoms with Crippen molar-refractivity contribution in [3.8, 4) is 0 Å². The molecule has 7 unspecified atom stereocenters. The van der Waals surface area contributed by atoms with Gasteiger partial charge in [-0.25, -0.2) is 4.79 Å². The van der Waals surface area contributed by atoms with Crippen LogP contribution in [-0.4, -0.2) is 55.9 Å². The van der Waals surface area contributed by atoms with Crippen molar-refractivity contribution in [1.82, 2.24) is 0 Å². The standard InChI is InChI=1S/C22H32O6/c1-19-6-3-17-16(4-7-20(25)11-14(23)2-8-22(17,20)27)21(19,26)9-5-15(19)13-10-18(24)28-12-13/h10,14-17,23,25-27H,2-9,11-12H2,1H3/t14?,15?,16?,17-,19?,20?,21?,22?/m0/s1. The SMILES string of the molecule is CC12CC[C@H]3C(CCC4(O)CC(O)CCC34O)C1(O)CCC2C1=CC(=O)OC1. The van der Waals surface area contributed by atoms with Gasteiger partial charge in [0.1, 0.15) is 6.61 Å². The Kier molecular flexibility index (Phi) is 3.95. The number of carbonyl (C=O) groups excluding carboxylic acids is 1. The summed E-state index contributed by atoms with van der Waals surface area (Å²) in [6.45, 7) is 2.46. The maximum absolute atomic E-state index is 12.0. The van der Waals surface area contributed by atoms with E-state index in [1.54, 1.807) is 6.08 Å². The molecule has 4 N–H and O–H groups in total. The molecular weight excluding hydrogens is 360 g/mol. The molecule has 0 saturated heterocycles. The molecule has 156 valence electrons. The molecule has 0 aromatic carbocycles. The zero-order valence-corrected chi connectivity index (χ0v) is 16.6. The number of cyclic esters (lactones) is 1. The predicted molar refractivity (Wildman–Crippen MR) is 100 cm³/mol. The van der Waals surface area contributed by atoms with Crippen molar-refractivity contribution in [2.45, 2.75) is 87.6 Å². The molecule has 0 amide bonds. The molecule has 1 aliphatic heterocycles. The molecule has 0 aromatic heterocycles. The molecule has 4 saturated carbocycles. The monoisotopic (exact) mass is 392 g/mol. The van der Waals surface area contributed by atoms with Crippen LogP contribution in [0.1, 0.15) is 64.7 Å². The number of esters is 1. The number of hydrogen-bond acceptors (Lipinski definition) is 6.